The maximum absolute atomic E-state index is 12.0. The summed E-state index contributed by atoms with van der Waals surface area (Å²) in [5.41, 5.74) is 2.30. The molecule has 0 aliphatic carbocycles. The molecule has 0 aromatic heterocycles. The molecular formula is C20H32N2O2. The maximum atomic E-state index is 12.0. The second-order valence-electron chi connectivity index (χ2n) is 7.03. The van der Waals surface area contributed by atoms with Crippen molar-refractivity contribution < 1.29 is 9.53 Å². The molecule has 1 aromatic carbocycles. The average molecular weight is 332 g/mol. The summed E-state index contributed by atoms with van der Waals surface area (Å²) >= 11 is 0. The molecule has 0 atom stereocenters. The van der Waals surface area contributed by atoms with Crippen LogP contribution in [0.1, 0.15) is 43.7 Å². The van der Waals surface area contributed by atoms with E-state index in [0.717, 1.165) is 43.2 Å². The third kappa shape index (κ3) is 6.16. The van der Waals surface area contributed by atoms with Crippen molar-refractivity contribution in [1.29, 1.82) is 0 Å². The summed E-state index contributed by atoms with van der Waals surface area (Å²) < 4.78 is 5.26. The number of amides is 1. The number of rotatable bonds is 8. The smallest absolute Gasteiger partial charge is 0.220 e. The molecule has 4 heteroatoms. The van der Waals surface area contributed by atoms with Crippen LogP contribution in [0.5, 0.6) is 5.75 Å². The van der Waals surface area contributed by atoms with E-state index in [-0.39, 0.29) is 5.91 Å². The number of hydrogen-bond donors (Lipinski definition) is 1. The van der Waals surface area contributed by atoms with Crippen LogP contribution in [0, 0.1) is 12.8 Å². The Morgan fingerprint density at radius 1 is 1.33 bits per heavy atom. The zero-order valence-corrected chi connectivity index (χ0v) is 15.4. The van der Waals surface area contributed by atoms with Crippen LogP contribution in [0.25, 0.3) is 0 Å². The number of carbonyl (C=O) groups excluding carboxylic acids is 1. The fraction of sp³-hybridized carbons (Fsp3) is 0.650. The third-order valence-electron chi connectivity index (χ3n) is 4.95. The lowest BCUT2D eigenvalue weighted by molar-refractivity contribution is -0.121. The normalized spacial score (nSPS) is 16.1. The van der Waals surface area contributed by atoms with Crippen molar-refractivity contribution in [3.8, 4) is 5.75 Å². The van der Waals surface area contributed by atoms with E-state index in [1.807, 2.05) is 19.1 Å². The van der Waals surface area contributed by atoms with Gasteiger partial charge in [0.1, 0.15) is 5.75 Å². The van der Waals surface area contributed by atoms with Gasteiger partial charge in [0.15, 0.2) is 0 Å². The van der Waals surface area contributed by atoms with E-state index < -0.39 is 0 Å². The molecule has 1 N–H and O–H groups in total. The molecule has 0 bridgehead atoms. The molecular weight excluding hydrogens is 300 g/mol. The molecule has 1 aliphatic heterocycles. The van der Waals surface area contributed by atoms with Crippen molar-refractivity contribution in [2.45, 2.75) is 46.0 Å². The first-order valence-electron chi connectivity index (χ1n) is 9.21. The van der Waals surface area contributed by atoms with Gasteiger partial charge in [-0.3, -0.25) is 4.79 Å². The van der Waals surface area contributed by atoms with Gasteiger partial charge in [-0.25, -0.2) is 0 Å². The van der Waals surface area contributed by atoms with Crippen LogP contribution < -0.4 is 10.1 Å². The highest BCUT2D eigenvalue weighted by atomic mass is 16.5. The largest absolute Gasteiger partial charge is 0.496 e. The summed E-state index contributed by atoms with van der Waals surface area (Å²) in [6.07, 6.45) is 5.00. The number of methoxy groups -OCH3 is 1. The predicted molar refractivity (Wildman–Crippen MR) is 98.5 cm³/mol. The van der Waals surface area contributed by atoms with Crippen molar-refractivity contribution in [3.05, 3.63) is 29.3 Å². The third-order valence-corrected chi connectivity index (χ3v) is 4.95. The number of benzene rings is 1. The molecule has 24 heavy (non-hydrogen) atoms. The van der Waals surface area contributed by atoms with Gasteiger partial charge in [0.25, 0.3) is 0 Å². The Morgan fingerprint density at radius 2 is 2.08 bits per heavy atom. The van der Waals surface area contributed by atoms with E-state index in [1.165, 1.54) is 31.5 Å². The van der Waals surface area contributed by atoms with Crippen LogP contribution in [-0.2, 0) is 11.2 Å². The lowest BCUT2D eigenvalue weighted by atomic mass is 9.99. The minimum atomic E-state index is 0.149. The number of piperidine rings is 1. The maximum Gasteiger partial charge on any atom is 0.220 e. The molecule has 0 saturated carbocycles. The molecule has 1 heterocycles. The lowest BCUT2D eigenvalue weighted by Crippen LogP contribution is -2.35. The van der Waals surface area contributed by atoms with Crippen LogP contribution in [0.4, 0.5) is 0 Å². The van der Waals surface area contributed by atoms with Crippen LogP contribution in [0.2, 0.25) is 0 Å². The van der Waals surface area contributed by atoms with Crippen molar-refractivity contribution in [3.63, 3.8) is 0 Å². The first-order valence-corrected chi connectivity index (χ1v) is 9.21. The van der Waals surface area contributed by atoms with E-state index in [9.17, 15) is 4.79 Å². The highest BCUT2D eigenvalue weighted by molar-refractivity contribution is 5.76. The Balaban J connectivity index is 1.59. The van der Waals surface area contributed by atoms with Gasteiger partial charge in [0, 0.05) is 13.0 Å². The summed E-state index contributed by atoms with van der Waals surface area (Å²) in [5, 5.41) is 3.05. The SMILES string of the molecule is COc1ccc(CCC(=O)NCCCN2CCC(C)CC2)cc1C. The second kappa shape index (κ2) is 9.67. The van der Waals surface area contributed by atoms with Gasteiger partial charge in [-0.15, -0.1) is 0 Å². The number of ether oxygens (including phenoxy) is 1. The van der Waals surface area contributed by atoms with E-state index in [0.29, 0.717) is 6.42 Å². The molecule has 2 rings (SSSR count). The topological polar surface area (TPSA) is 41.6 Å². The molecule has 1 amide bonds. The number of hydrogen-bond acceptors (Lipinski definition) is 3. The molecule has 0 unspecified atom stereocenters. The highest BCUT2D eigenvalue weighted by Crippen LogP contribution is 2.19. The Hall–Kier alpha value is -1.55. The standard InChI is InChI=1S/C20H32N2O2/c1-16-9-13-22(14-10-16)12-4-11-21-20(23)8-6-18-5-7-19(24-3)17(2)15-18/h5,7,15-16H,4,6,8-14H2,1-3H3,(H,21,23). The monoisotopic (exact) mass is 332 g/mol. The molecule has 0 radical (unpaired) electrons. The molecule has 1 aromatic rings. The first kappa shape index (κ1) is 18.8. The average Bonchev–Trinajstić information content (AvgIpc) is 2.58. The highest BCUT2D eigenvalue weighted by Gasteiger charge is 2.14. The number of nitrogens with one attached hydrogen (secondary N) is 1. The van der Waals surface area contributed by atoms with E-state index >= 15 is 0 Å². The summed E-state index contributed by atoms with van der Waals surface area (Å²) in [7, 11) is 1.68. The molecule has 1 saturated heterocycles. The lowest BCUT2D eigenvalue weighted by Gasteiger charge is -2.30. The quantitative estimate of drug-likeness (QED) is 0.744. The molecule has 134 valence electrons. The van der Waals surface area contributed by atoms with Crippen molar-refractivity contribution in [2.75, 3.05) is 33.3 Å². The van der Waals surface area contributed by atoms with Gasteiger partial charge in [0.05, 0.1) is 7.11 Å². The fourth-order valence-corrected chi connectivity index (χ4v) is 3.26. The van der Waals surface area contributed by atoms with Gasteiger partial charge in [-0.2, -0.15) is 0 Å². The number of aryl methyl sites for hydroxylation is 2. The van der Waals surface area contributed by atoms with E-state index in [1.54, 1.807) is 7.11 Å². The molecule has 0 spiro atoms. The predicted octanol–water partition coefficient (Wildman–Crippen LogP) is 3.17. The van der Waals surface area contributed by atoms with Gasteiger partial charge < -0.3 is 15.0 Å². The van der Waals surface area contributed by atoms with Gasteiger partial charge >= 0.3 is 0 Å². The van der Waals surface area contributed by atoms with Gasteiger partial charge in [-0.05, 0) is 75.4 Å². The van der Waals surface area contributed by atoms with E-state index in [4.69, 9.17) is 4.74 Å². The van der Waals surface area contributed by atoms with Crippen molar-refractivity contribution >= 4 is 5.91 Å². The van der Waals surface area contributed by atoms with Gasteiger partial charge in [-0.1, -0.05) is 19.1 Å². The zero-order chi connectivity index (χ0) is 17.4. The zero-order valence-electron chi connectivity index (χ0n) is 15.4. The van der Waals surface area contributed by atoms with Gasteiger partial charge in [0.2, 0.25) is 5.91 Å². The first-order chi connectivity index (χ1) is 11.6. The van der Waals surface area contributed by atoms with Crippen LogP contribution in [0.3, 0.4) is 0 Å². The van der Waals surface area contributed by atoms with Crippen LogP contribution >= 0.6 is 0 Å². The minimum absolute atomic E-state index is 0.149. The molecule has 4 nitrogen and oxygen atoms in total. The Morgan fingerprint density at radius 3 is 2.75 bits per heavy atom. The van der Waals surface area contributed by atoms with Crippen molar-refractivity contribution in [2.24, 2.45) is 5.92 Å². The van der Waals surface area contributed by atoms with E-state index in [2.05, 4.69) is 23.2 Å². The van der Waals surface area contributed by atoms with Crippen LogP contribution in [-0.4, -0.2) is 44.1 Å². The summed E-state index contributed by atoms with van der Waals surface area (Å²) in [5.74, 6) is 1.92. The second-order valence-corrected chi connectivity index (χ2v) is 7.03. The minimum Gasteiger partial charge on any atom is -0.496 e. The Labute approximate surface area is 146 Å². The summed E-state index contributed by atoms with van der Waals surface area (Å²) in [6, 6.07) is 6.11. The molecule has 1 aliphatic rings. The Kier molecular flexibility index (Phi) is 7.57. The number of likely N-dealkylation sites (tertiary alicyclic amines) is 1. The summed E-state index contributed by atoms with van der Waals surface area (Å²) in [6.45, 7) is 8.68. The number of carbonyl (C=O) groups is 1. The fourth-order valence-electron chi connectivity index (χ4n) is 3.26. The number of nitrogens with zero attached hydrogens (tertiary/aromatic N) is 1. The van der Waals surface area contributed by atoms with Crippen molar-refractivity contribution in [1.82, 2.24) is 10.2 Å². The van der Waals surface area contributed by atoms with Crippen LogP contribution in [0.15, 0.2) is 18.2 Å². The Bertz CT molecular complexity index is 522. The summed E-state index contributed by atoms with van der Waals surface area (Å²) in [4.78, 5) is 14.5. The molecule has 1 fully saturated rings.